The fourth-order valence-corrected chi connectivity index (χ4v) is 2.99. The molecule has 2 amide bonds. The van der Waals surface area contributed by atoms with Crippen LogP contribution in [0.1, 0.15) is 18.4 Å². The Balaban J connectivity index is 1.44. The van der Waals surface area contributed by atoms with Crippen LogP contribution in [-0.2, 0) is 6.54 Å². The van der Waals surface area contributed by atoms with Crippen molar-refractivity contribution in [3.63, 3.8) is 0 Å². The number of rotatable bonds is 5. The lowest BCUT2D eigenvalue weighted by atomic mass is 10.0. The second kappa shape index (κ2) is 8.57. The summed E-state index contributed by atoms with van der Waals surface area (Å²) >= 11 is 0. The summed E-state index contributed by atoms with van der Waals surface area (Å²) in [5.41, 5.74) is 1.52. The minimum absolute atomic E-state index is 0.107. The number of carbonyl (C=O) groups is 1. The maximum Gasteiger partial charge on any atom is 0.319 e. The molecule has 2 N–H and O–H groups in total. The van der Waals surface area contributed by atoms with E-state index in [0.717, 1.165) is 38.0 Å². The summed E-state index contributed by atoms with van der Waals surface area (Å²) in [4.78, 5) is 22.3. The van der Waals surface area contributed by atoms with Crippen LogP contribution < -0.4 is 15.4 Å². The van der Waals surface area contributed by atoms with Crippen molar-refractivity contribution in [2.24, 2.45) is 0 Å². The van der Waals surface area contributed by atoms with Crippen LogP contribution in [0, 0.1) is 5.82 Å². The molecule has 1 aliphatic rings. The SMILES string of the molecule is COc1ncncc1NC(=O)NC1CCN(Cc2ccc(F)cc2)CC1. The van der Waals surface area contributed by atoms with Gasteiger partial charge in [-0.25, -0.2) is 14.2 Å². The van der Waals surface area contributed by atoms with Gasteiger partial charge in [-0.15, -0.1) is 0 Å². The van der Waals surface area contributed by atoms with Crippen molar-refractivity contribution in [3.05, 3.63) is 48.2 Å². The van der Waals surface area contributed by atoms with Crippen LogP contribution in [0.3, 0.4) is 0 Å². The van der Waals surface area contributed by atoms with Crippen LogP contribution in [0.4, 0.5) is 14.9 Å². The number of amides is 2. The average molecular weight is 359 g/mol. The highest BCUT2D eigenvalue weighted by Crippen LogP contribution is 2.19. The van der Waals surface area contributed by atoms with Gasteiger partial charge in [-0.2, -0.15) is 4.98 Å². The number of ether oxygens (including phenoxy) is 1. The van der Waals surface area contributed by atoms with Gasteiger partial charge in [0.1, 0.15) is 17.8 Å². The third-order valence-electron chi connectivity index (χ3n) is 4.36. The van der Waals surface area contributed by atoms with E-state index >= 15 is 0 Å². The van der Waals surface area contributed by atoms with Gasteiger partial charge in [0, 0.05) is 25.7 Å². The lowest BCUT2D eigenvalue weighted by Gasteiger charge is -2.32. The lowest BCUT2D eigenvalue weighted by molar-refractivity contribution is 0.190. The van der Waals surface area contributed by atoms with Crippen molar-refractivity contribution < 1.29 is 13.9 Å². The topological polar surface area (TPSA) is 79.4 Å². The second-order valence-electron chi connectivity index (χ2n) is 6.22. The zero-order chi connectivity index (χ0) is 18.4. The molecule has 1 aromatic heterocycles. The van der Waals surface area contributed by atoms with Gasteiger partial charge in [0.25, 0.3) is 0 Å². The molecule has 0 spiro atoms. The first kappa shape index (κ1) is 18.1. The summed E-state index contributed by atoms with van der Waals surface area (Å²) in [5.74, 6) is 0.104. The molecule has 0 aliphatic carbocycles. The summed E-state index contributed by atoms with van der Waals surface area (Å²) in [6, 6.07) is 6.39. The first-order valence-corrected chi connectivity index (χ1v) is 8.52. The number of urea groups is 1. The molecule has 0 unspecified atom stereocenters. The first-order valence-electron chi connectivity index (χ1n) is 8.52. The number of hydrogen-bond donors (Lipinski definition) is 2. The maximum atomic E-state index is 13.0. The molecule has 2 heterocycles. The molecule has 0 atom stereocenters. The summed E-state index contributed by atoms with van der Waals surface area (Å²) in [7, 11) is 1.49. The Labute approximate surface area is 151 Å². The van der Waals surface area contributed by atoms with Gasteiger partial charge in [0.15, 0.2) is 0 Å². The Morgan fingerprint density at radius 2 is 2.04 bits per heavy atom. The van der Waals surface area contributed by atoms with Gasteiger partial charge in [-0.1, -0.05) is 12.1 Å². The molecule has 3 rings (SSSR count). The van der Waals surface area contributed by atoms with Crippen molar-refractivity contribution in [2.45, 2.75) is 25.4 Å². The summed E-state index contributed by atoms with van der Waals surface area (Å²) in [6.45, 7) is 2.54. The third kappa shape index (κ3) is 4.89. The van der Waals surface area contributed by atoms with Crippen molar-refractivity contribution in [2.75, 3.05) is 25.5 Å². The van der Waals surface area contributed by atoms with E-state index in [-0.39, 0.29) is 17.9 Å². The average Bonchev–Trinajstić information content (AvgIpc) is 2.65. The maximum absolute atomic E-state index is 13.0. The van der Waals surface area contributed by atoms with E-state index < -0.39 is 0 Å². The molecular weight excluding hydrogens is 337 g/mol. The highest BCUT2D eigenvalue weighted by molar-refractivity contribution is 5.90. The molecule has 26 heavy (non-hydrogen) atoms. The van der Waals surface area contributed by atoms with E-state index in [1.807, 2.05) is 12.1 Å². The molecule has 138 valence electrons. The fourth-order valence-electron chi connectivity index (χ4n) is 2.99. The van der Waals surface area contributed by atoms with Crippen LogP contribution in [0.25, 0.3) is 0 Å². The Kier molecular flexibility index (Phi) is 5.96. The number of anilines is 1. The number of piperidine rings is 1. The molecule has 1 aromatic carbocycles. The van der Waals surface area contributed by atoms with E-state index in [2.05, 4.69) is 25.5 Å². The number of nitrogens with one attached hydrogen (secondary N) is 2. The van der Waals surface area contributed by atoms with Gasteiger partial charge in [0.05, 0.1) is 13.3 Å². The highest BCUT2D eigenvalue weighted by Gasteiger charge is 2.21. The smallest absolute Gasteiger partial charge is 0.319 e. The fraction of sp³-hybridized carbons (Fsp3) is 0.389. The van der Waals surface area contributed by atoms with Crippen molar-refractivity contribution >= 4 is 11.7 Å². The van der Waals surface area contributed by atoms with Crippen LogP contribution >= 0.6 is 0 Å². The van der Waals surface area contributed by atoms with E-state index in [1.54, 1.807) is 0 Å². The Morgan fingerprint density at radius 1 is 1.31 bits per heavy atom. The molecule has 1 fully saturated rings. The third-order valence-corrected chi connectivity index (χ3v) is 4.36. The summed E-state index contributed by atoms with van der Waals surface area (Å²) < 4.78 is 18.1. The van der Waals surface area contributed by atoms with Crippen LogP contribution in [0.2, 0.25) is 0 Å². The van der Waals surface area contributed by atoms with Gasteiger partial charge in [-0.05, 0) is 30.5 Å². The number of hydrogen-bond acceptors (Lipinski definition) is 5. The summed E-state index contributed by atoms with van der Waals surface area (Å²) in [5, 5.41) is 5.69. The lowest BCUT2D eigenvalue weighted by Crippen LogP contribution is -2.45. The number of aromatic nitrogens is 2. The number of carbonyl (C=O) groups excluding carboxylic acids is 1. The molecular formula is C18H22FN5O2. The normalized spacial score (nSPS) is 15.5. The van der Waals surface area contributed by atoms with Crippen molar-refractivity contribution in [1.82, 2.24) is 20.2 Å². The van der Waals surface area contributed by atoms with Gasteiger partial charge < -0.3 is 15.4 Å². The second-order valence-corrected chi connectivity index (χ2v) is 6.22. The van der Waals surface area contributed by atoms with E-state index in [1.165, 1.54) is 31.8 Å². The minimum atomic E-state index is -0.296. The molecule has 2 aromatic rings. The van der Waals surface area contributed by atoms with Gasteiger partial charge >= 0.3 is 6.03 Å². The van der Waals surface area contributed by atoms with Crippen LogP contribution in [-0.4, -0.2) is 47.1 Å². The first-order chi connectivity index (χ1) is 12.6. The molecule has 1 aliphatic heterocycles. The number of benzene rings is 1. The standard InChI is InChI=1S/C18H22FN5O2/c1-26-17-16(10-20-12-21-17)23-18(25)22-15-6-8-24(9-7-15)11-13-2-4-14(19)5-3-13/h2-5,10,12,15H,6-9,11H2,1H3,(H2,22,23,25). The molecule has 7 nitrogen and oxygen atoms in total. The number of methoxy groups -OCH3 is 1. The quantitative estimate of drug-likeness (QED) is 0.857. The van der Waals surface area contributed by atoms with Gasteiger partial charge in [0.2, 0.25) is 5.88 Å². The predicted octanol–water partition coefficient (Wildman–Crippen LogP) is 2.41. The van der Waals surface area contributed by atoms with E-state index in [0.29, 0.717) is 11.6 Å². The van der Waals surface area contributed by atoms with E-state index in [4.69, 9.17) is 4.74 Å². The molecule has 8 heteroatoms. The monoisotopic (exact) mass is 359 g/mol. The largest absolute Gasteiger partial charge is 0.479 e. The molecule has 0 radical (unpaired) electrons. The minimum Gasteiger partial charge on any atom is -0.479 e. The van der Waals surface area contributed by atoms with Crippen molar-refractivity contribution in [3.8, 4) is 5.88 Å². The predicted molar refractivity (Wildman–Crippen MR) is 95.4 cm³/mol. The zero-order valence-electron chi connectivity index (χ0n) is 14.6. The molecule has 0 bridgehead atoms. The van der Waals surface area contributed by atoms with Gasteiger partial charge in [-0.3, -0.25) is 4.90 Å². The zero-order valence-corrected chi connectivity index (χ0v) is 14.6. The number of halogens is 1. The highest BCUT2D eigenvalue weighted by atomic mass is 19.1. The van der Waals surface area contributed by atoms with Crippen molar-refractivity contribution in [1.29, 1.82) is 0 Å². The molecule has 1 saturated heterocycles. The Hall–Kier alpha value is -2.74. The molecule has 0 saturated carbocycles. The number of likely N-dealkylation sites (tertiary alicyclic amines) is 1. The summed E-state index contributed by atoms with van der Waals surface area (Å²) in [6.07, 6.45) is 4.57. The van der Waals surface area contributed by atoms with E-state index in [9.17, 15) is 9.18 Å². The Bertz CT molecular complexity index is 733. The van der Waals surface area contributed by atoms with Crippen LogP contribution in [0.5, 0.6) is 5.88 Å². The Morgan fingerprint density at radius 3 is 2.73 bits per heavy atom. The van der Waals surface area contributed by atoms with Crippen LogP contribution in [0.15, 0.2) is 36.8 Å². The number of nitrogens with zero attached hydrogens (tertiary/aromatic N) is 3.